The topological polar surface area (TPSA) is 87.0 Å². The average molecular weight is 458 g/mol. The highest BCUT2D eigenvalue weighted by Gasteiger charge is 2.26. The van der Waals surface area contributed by atoms with Crippen molar-refractivity contribution in [3.05, 3.63) is 30.3 Å². The molecule has 1 fully saturated rings. The molecule has 4 rings (SSSR count). The van der Waals surface area contributed by atoms with Crippen LogP contribution in [-0.4, -0.2) is 77.5 Å². The van der Waals surface area contributed by atoms with E-state index in [1.807, 2.05) is 27.6 Å². The maximum absolute atomic E-state index is 12.3. The van der Waals surface area contributed by atoms with Crippen LogP contribution in [0.15, 0.2) is 30.3 Å². The second kappa shape index (κ2) is 9.33. The standard InChI is InChI=1S/C22H31N7O2S/c1-22(2,3)25-18-17(16-8-6-5-7-9-16)24-20-29(18)26-21(32-20)28-13-11-27(12-14-28)19(30)23-10-15-31-4/h5-9,25H,10-15H2,1-4H3,(H,23,30). The van der Waals surface area contributed by atoms with Crippen LogP contribution in [0.5, 0.6) is 0 Å². The molecular formula is C22H31N7O2S. The minimum Gasteiger partial charge on any atom is -0.383 e. The van der Waals surface area contributed by atoms with Crippen molar-refractivity contribution < 1.29 is 9.53 Å². The van der Waals surface area contributed by atoms with E-state index in [2.05, 4.69) is 48.4 Å². The van der Waals surface area contributed by atoms with Gasteiger partial charge in [-0.25, -0.2) is 9.78 Å². The van der Waals surface area contributed by atoms with Gasteiger partial charge in [0.2, 0.25) is 10.1 Å². The maximum Gasteiger partial charge on any atom is 0.317 e. The SMILES string of the molecule is COCCNC(=O)N1CCN(c2nn3c(NC(C)(C)C)c(-c4ccccc4)nc3s2)CC1. The predicted octanol–water partition coefficient (Wildman–Crippen LogP) is 3.15. The molecule has 0 atom stereocenters. The molecule has 0 bridgehead atoms. The number of piperazine rings is 1. The van der Waals surface area contributed by atoms with Gasteiger partial charge in [-0.3, -0.25) is 0 Å². The number of amides is 2. The van der Waals surface area contributed by atoms with Crippen molar-refractivity contribution in [3.8, 4) is 11.3 Å². The third-order valence-corrected chi connectivity index (χ3v) is 6.12. The minimum absolute atomic E-state index is 0.0418. The summed E-state index contributed by atoms with van der Waals surface area (Å²) < 4.78 is 6.90. The summed E-state index contributed by atoms with van der Waals surface area (Å²) in [6.45, 7) is 10.2. The number of imidazole rings is 1. The number of anilines is 2. The van der Waals surface area contributed by atoms with E-state index in [1.54, 1.807) is 18.4 Å². The van der Waals surface area contributed by atoms with Crippen LogP contribution in [0.1, 0.15) is 20.8 Å². The largest absolute Gasteiger partial charge is 0.383 e. The number of nitrogens with zero attached hydrogens (tertiary/aromatic N) is 5. The Bertz CT molecular complexity index is 1050. The fourth-order valence-electron chi connectivity index (χ4n) is 3.60. The molecule has 2 N–H and O–H groups in total. The van der Waals surface area contributed by atoms with Gasteiger partial charge in [0.1, 0.15) is 5.69 Å². The zero-order chi connectivity index (χ0) is 22.7. The molecule has 1 aromatic carbocycles. The van der Waals surface area contributed by atoms with Crippen LogP contribution in [0.4, 0.5) is 15.7 Å². The van der Waals surface area contributed by atoms with Crippen molar-refractivity contribution in [2.45, 2.75) is 26.3 Å². The smallest absolute Gasteiger partial charge is 0.317 e. The van der Waals surface area contributed by atoms with Crippen molar-refractivity contribution >= 4 is 33.3 Å². The molecule has 172 valence electrons. The zero-order valence-corrected chi connectivity index (χ0v) is 19.9. The van der Waals surface area contributed by atoms with Gasteiger partial charge in [0.05, 0.1) is 6.61 Å². The van der Waals surface area contributed by atoms with Crippen molar-refractivity contribution in [2.75, 3.05) is 56.7 Å². The summed E-state index contributed by atoms with van der Waals surface area (Å²) in [5.41, 5.74) is 1.83. The van der Waals surface area contributed by atoms with Gasteiger partial charge in [0.15, 0.2) is 5.82 Å². The lowest BCUT2D eigenvalue weighted by molar-refractivity contribution is 0.177. The quantitative estimate of drug-likeness (QED) is 0.553. The van der Waals surface area contributed by atoms with Crippen molar-refractivity contribution in [1.29, 1.82) is 0 Å². The van der Waals surface area contributed by atoms with Crippen LogP contribution < -0.4 is 15.5 Å². The molecule has 2 amide bonds. The van der Waals surface area contributed by atoms with Gasteiger partial charge < -0.3 is 25.2 Å². The molecule has 0 aliphatic carbocycles. The summed E-state index contributed by atoms with van der Waals surface area (Å²) in [5.74, 6) is 0.900. The first kappa shape index (κ1) is 22.3. The van der Waals surface area contributed by atoms with Gasteiger partial charge in [-0.2, -0.15) is 4.52 Å². The first-order valence-electron chi connectivity index (χ1n) is 10.9. The fourth-order valence-corrected chi connectivity index (χ4v) is 4.56. The summed E-state index contributed by atoms with van der Waals surface area (Å²) in [4.78, 5) is 22.1. The van der Waals surface area contributed by atoms with E-state index in [4.69, 9.17) is 14.8 Å². The predicted molar refractivity (Wildman–Crippen MR) is 129 cm³/mol. The molecule has 1 saturated heterocycles. The number of methoxy groups -OCH3 is 1. The number of nitrogens with one attached hydrogen (secondary N) is 2. The molecule has 1 aliphatic heterocycles. The Hall–Kier alpha value is -2.85. The molecule has 0 saturated carbocycles. The van der Waals surface area contributed by atoms with Crippen LogP contribution in [0.25, 0.3) is 16.2 Å². The lowest BCUT2D eigenvalue weighted by Gasteiger charge is -2.34. The number of carbonyl (C=O) groups is 1. The van der Waals surface area contributed by atoms with Gasteiger partial charge >= 0.3 is 6.03 Å². The lowest BCUT2D eigenvalue weighted by Crippen LogP contribution is -2.52. The Morgan fingerprint density at radius 3 is 2.53 bits per heavy atom. The van der Waals surface area contributed by atoms with Crippen LogP contribution in [0, 0.1) is 0 Å². The number of ether oxygens (including phenoxy) is 1. The van der Waals surface area contributed by atoms with Crippen molar-refractivity contribution in [1.82, 2.24) is 24.8 Å². The first-order chi connectivity index (χ1) is 15.4. The number of carbonyl (C=O) groups excluding carboxylic acids is 1. The van der Waals surface area contributed by atoms with Gasteiger partial charge in [0, 0.05) is 50.9 Å². The number of aromatic nitrogens is 3. The third kappa shape index (κ3) is 4.97. The highest BCUT2D eigenvalue weighted by atomic mass is 32.1. The van der Waals surface area contributed by atoms with Gasteiger partial charge in [-0.05, 0) is 20.8 Å². The Morgan fingerprint density at radius 1 is 1.16 bits per heavy atom. The first-order valence-corrected chi connectivity index (χ1v) is 11.7. The van der Waals surface area contributed by atoms with Crippen LogP contribution in [0.3, 0.4) is 0 Å². The highest BCUT2D eigenvalue weighted by Crippen LogP contribution is 2.34. The molecule has 1 aliphatic rings. The number of rotatable bonds is 6. The van der Waals surface area contributed by atoms with E-state index in [1.165, 1.54) is 0 Å². The monoisotopic (exact) mass is 457 g/mol. The molecule has 0 radical (unpaired) electrons. The number of urea groups is 1. The Kier molecular flexibility index (Phi) is 6.52. The van der Waals surface area contributed by atoms with Gasteiger partial charge in [-0.15, -0.1) is 5.10 Å². The van der Waals surface area contributed by atoms with Crippen LogP contribution >= 0.6 is 11.3 Å². The summed E-state index contributed by atoms with van der Waals surface area (Å²) in [5, 5.41) is 12.3. The lowest BCUT2D eigenvalue weighted by atomic mass is 10.1. The number of hydrogen-bond donors (Lipinski definition) is 2. The van der Waals surface area contributed by atoms with E-state index >= 15 is 0 Å². The molecule has 3 aromatic rings. The van der Waals surface area contributed by atoms with E-state index in [-0.39, 0.29) is 11.6 Å². The molecule has 10 heteroatoms. The number of benzene rings is 1. The molecule has 0 unspecified atom stereocenters. The van der Waals surface area contributed by atoms with Crippen LogP contribution in [-0.2, 0) is 4.74 Å². The zero-order valence-electron chi connectivity index (χ0n) is 19.1. The Labute approximate surface area is 192 Å². The Balaban J connectivity index is 1.52. The number of fused-ring (bicyclic) bond motifs is 1. The molecular weight excluding hydrogens is 426 g/mol. The van der Waals surface area contributed by atoms with E-state index < -0.39 is 0 Å². The fraction of sp³-hybridized carbons (Fsp3) is 0.500. The summed E-state index contributed by atoms with van der Waals surface area (Å²) in [6.07, 6.45) is 0. The summed E-state index contributed by atoms with van der Waals surface area (Å²) in [7, 11) is 1.63. The maximum atomic E-state index is 12.3. The third-order valence-electron chi connectivity index (χ3n) is 5.15. The summed E-state index contributed by atoms with van der Waals surface area (Å²) >= 11 is 1.58. The van der Waals surface area contributed by atoms with Gasteiger partial charge in [-0.1, -0.05) is 41.7 Å². The molecule has 32 heavy (non-hydrogen) atoms. The van der Waals surface area contributed by atoms with E-state index in [9.17, 15) is 4.79 Å². The van der Waals surface area contributed by atoms with E-state index in [0.29, 0.717) is 26.2 Å². The van der Waals surface area contributed by atoms with E-state index in [0.717, 1.165) is 40.3 Å². The molecule has 2 aromatic heterocycles. The molecule has 3 heterocycles. The van der Waals surface area contributed by atoms with Gasteiger partial charge in [0.25, 0.3) is 0 Å². The second-order valence-corrected chi connectivity index (χ2v) is 9.76. The second-order valence-electron chi connectivity index (χ2n) is 8.83. The van der Waals surface area contributed by atoms with Crippen molar-refractivity contribution in [2.24, 2.45) is 0 Å². The van der Waals surface area contributed by atoms with Crippen LogP contribution in [0.2, 0.25) is 0 Å². The summed E-state index contributed by atoms with van der Waals surface area (Å²) in [6, 6.07) is 10.1. The Morgan fingerprint density at radius 2 is 1.88 bits per heavy atom. The molecule has 9 nitrogen and oxygen atoms in total. The number of hydrogen-bond acceptors (Lipinski definition) is 7. The van der Waals surface area contributed by atoms with Crippen molar-refractivity contribution in [3.63, 3.8) is 0 Å². The highest BCUT2D eigenvalue weighted by molar-refractivity contribution is 7.20. The minimum atomic E-state index is -0.134. The molecule has 0 spiro atoms. The normalized spacial score (nSPS) is 14.8. The average Bonchev–Trinajstić information content (AvgIpc) is 3.33.